The van der Waals surface area contributed by atoms with E-state index in [1.165, 1.54) is 0 Å². The molecule has 1 fully saturated rings. The lowest BCUT2D eigenvalue weighted by molar-refractivity contribution is -0.149. The van der Waals surface area contributed by atoms with Gasteiger partial charge in [-0.05, 0) is 38.2 Å². The van der Waals surface area contributed by atoms with Crippen LogP contribution in [-0.4, -0.2) is 41.1 Å². The number of carboxylic acid groups (broad SMARTS) is 1. The van der Waals surface area contributed by atoms with Crippen molar-refractivity contribution in [3.05, 3.63) is 35.9 Å². The van der Waals surface area contributed by atoms with Gasteiger partial charge in [0.05, 0.1) is 0 Å². The third kappa shape index (κ3) is 4.79. The number of piperidine rings is 1. The second kappa shape index (κ2) is 8.67. The fourth-order valence-electron chi connectivity index (χ4n) is 3.14. The zero-order chi connectivity index (χ0) is 16.7. The van der Waals surface area contributed by atoms with E-state index < -0.39 is 12.1 Å². The molecule has 0 spiro atoms. The van der Waals surface area contributed by atoms with Crippen LogP contribution in [0.25, 0.3) is 0 Å². The van der Waals surface area contributed by atoms with Crippen LogP contribution in [-0.2, 0) is 14.3 Å². The largest absolute Gasteiger partial charge is 0.481 e. The van der Waals surface area contributed by atoms with Gasteiger partial charge in [-0.2, -0.15) is 0 Å². The standard InChI is InChI=1S/C18H25NO4/c1-2-23-17(14-8-4-3-5-9-14)18(22)19-13-7-6-10-15(19)11-12-16(20)21/h3-5,8-9,15,17H,2,6-7,10-13H2,1H3,(H,20,21). The Hall–Kier alpha value is -1.88. The van der Waals surface area contributed by atoms with E-state index in [2.05, 4.69) is 0 Å². The molecule has 0 saturated carbocycles. The Morgan fingerprint density at radius 2 is 2.04 bits per heavy atom. The number of ether oxygens (including phenoxy) is 1. The van der Waals surface area contributed by atoms with Crippen LogP contribution in [0.5, 0.6) is 0 Å². The number of carbonyl (C=O) groups excluding carboxylic acids is 1. The average molecular weight is 319 g/mol. The van der Waals surface area contributed by atoms with Crippen LogP contribution in [0.4, 0.5) is 0 Å². The summed E-state index contributed by atoms with van der Waals surface area (Å²) in [4.78, 5) is 25.7. The quantitative estimate of drug-likeness (QED) is 0.839. The second-order valence-corrected chi connectivity index (χ2v) is 5.86. The minimum absolute atomic E-state index is 0.000909. The summed E-state index contributed by atoms with van der Waals surface area (Å²) in [5.74, 6) is -0.861. The van der Waals surface area contributed by atoms with Crippen molar-refractivity contribution >= 4 is 11.9 Å². The van der Waals surface area contributed by atoms with Crippen LogP contribution in [0.1, 0.15) is 50.7 Å². The van der Waals surface area contributed by atoms with Crippen LogP contribution in [0.2, 0.25) is 0 Å². The van der Waals surface area contributed by atoms with Crippen molar-refractivity contribution < 1.29 is 19.4 Å². The lowest BCUT2D eigenvalue weighted by atomic mass is 9.96. The number of carbonyl (C=O) groups is 2. The Morgan fingerprint density at radius 3 is 2.70 bits per heavy atom. The minimum atomic E-state index is -0.813. The van der Waals surface area contributed by atoms with E-state index in [-0.39, 0.29) is 18.4 Å². The average Bonchev–Trinajstić information content (AvgIpc) is 2.58. The summed E-state index contributed by atoms with van der Waals surface area (Å²) in [5, 5.41) is 8.91. The van der Waals surface area contributed by atoms with Crippen molar-refractivity contribution in [2.45, 2.75) is 51.2 Å². The fourth-order valence-corrected chi connectivity index (χ4v) is 3.14. The summed E-state index contributed by atoms with van der Waals surface area (Å²) in [6.07, 6.45) is 2.87. The maximum Gasteiger partial charge on any atom is 0.303 e. The van der Waals surface area contributed by atoms with Crippen molar-refractivity contribution in [3.8, 4) is 0 Å². The maximum atomic E-state index is 13.0. The van der Waals surface area contributed by atoms with Gasteiger partial charge >= 0.3 is 5.97 Å². The number of benzene rings is 1. The molecule has 5 heteroatoms. The minimum Gasteiger partial charge on any atom is -0.481 e. The van der Waals surface area contributed by atoms with Crippen molar-refractivity contribution in [2.75, 3.05) is 13.2 Å². The first-order valence-corrected chi connectivity index (χ1v) is 8.32. The summed E-state index contributed by atoms with van der Waals surface area (Å²) in [7, 11) is 0. The van der Waals surface area contributed by atoms with Gasteiger partial charge in [0, 0.05) is 25.6 Å². The van der Waals surface area contributed by atoms with E-state index in [0.29, 0.717) is 19.6 Å². The summed E-state index contributed by atoms with van der Waals surface area (Å²) in [5.41, 5.74) is 0.849. The maximum absolute atomic E-state index is 13.0. The second-order valence-electron chi connectivity index (χ2n) is 5.86. The molecule has 2 unspecified atom stereocenters. The molecule has 0 aliphatic carbocycles. The van der Waals surface area contributed by atoms with Gasteiger partial charge in [0.25, 0.3) is 5.91 Å². The number of likely N-dealkylation sites (tertiary alicyclic amines) is 1. The molecule has 0 bridgehead atoms. The van der Waals surface area contributed by atoms with E-state index in [4.69, 9.17) is 9.84 Å². The lowest BCUT2D eigenvalue weighted by Crippen LogP contribution is -2.46. The number of aliphatic carboxylic acids is 1. The molecule has 1 saturated heterocycles. The van der Waals surface area contributed by atoms with E-state index in [9.17, 15) is 9.59 Å². The zero-order valence-electron chi connectivity index (χ0n) is 13.6. The number of hydrogen-bond acceptors (Lipinski definition) is 3. The molecule has 1 amide bonds. The Labute approximate surface area is 137 Å². The molecule has 5 nitrogen and oxygen atoms in total. The van der Waals surface area contributed by atoms with Crippen molar-refractivity contribution in [2.24, 2.45) is 0 Å². The predicted octanol–water partition coefficient (Wildman–Crippen LogP) is 3.01. The topological polar surface area (TPSA) is 66.8 Å². The summed E-state index contributed by atoms with van der Waals surface area (Å²) < 4.78 is 5.71. The van der Waals surface area contributed by atoms with Gasteiger partial charge in [0.15, 0.2) is 6.10 Å². The number of carboxylic acids is 1. The van der Waals surface area contributed by atoms with E-state index >= 15 is 0 Å². The molecule has 126 valence electrons. The van der Waals surface area contributed by atoms with Gasteiger partial charge in [0.2, 0.25) is 0 Å². The molecule has 2 rings (SSSR count). The number of nitrogens with zero attached hydrogens (tertiary/aromatic N) is 1. The van der Waals surface area contributed by atoms with Gasteiger partial charge in [-0.25, -0.2) is 0 Å². The van der Waals surface area contributed by atoms with Gasteiger partial charge < -0.3 is 14.7 Å². The monoisotopic (exact) mass is 319 g/mol. The first kappa shape index (κ1) is 17.5. The Morgan fingerprint density at radius 1 is 1.30 bits per heavy atom. The normalized spacial score (nSPS) is 19.3. The molecule has 1 N–H and O–H groups in total. The molecule has 1 aromatic carbocycles. The first-order chi connectivity index (χ1) is 11.1. The summed E-state index contributed by atoms with van der Waals surface area (Å²) in [6, 6.07) is 9.50. The third-order valence-corrected chi connectivity index (χ3v) is 4.26. The van der Waals surface area contributed by atoms with E-state index in [0.717, 1.165) is 24.8 Å². The van der Waals surface area contributed by atoms with Crippen molar-refractivity contribution in [1.82, 2.24) is 4.90 Å². The van der Waals surface area contributed by atoms with Crippen LogP contribution >= 0.6 is 0 Å². The van der Waals surface area contributed by atoms with Gasteiger partial charge in [-0.1, -0.05) is 30.3 Å². The molecular formula is C18H25NO4. The molecule has 1 aliphatic rings. The zero-order valence-corrected chi connectivity index (χ0v) is 13.6. The number of rotatable bonds is 7. The van der Waals surface area contributed by atoms with Crippen LogP contribution in [0, 0.1) is 0 Å². The van der Waals surface area contributed by atoms with E-state index in [1.54, 1.807) is 0 Å². The SMILES string of the molecule is CCOC(C(=O)N1CCCCC1CCC(=O)O)c1ccccc1. The first-order valence-electron chi connectivity index (χ1n) is 8.32. The highest BCUT2D eigenvalue weighted by Crippen LogP contribution is 2.27. The molecule has 1 heterocycles. The van der Waals surface area contributed by atoms with Gasteiger partial charge in [0.1, 0.15) is 0 Å². The molecule has 0 aromatic heterocycles. The highest BCUT2D eigenvalue weighted by molar-refractivity contribution is 5.82. The smallest absolute Gasteiger partial charge is 0.303 e. The van der Waals surface area contributed by atoms with Crippen LogP contribution in [0.3, 0.4) is 0 Å². The fraction of sp³-hybridized carbons (Fsp3) is 0.556. The molecular weight excluding hydrogens is 294 g/mol. The van der Waals surface area contributed by atoms with Crippen molar-refractivity contribution in [1.29, 1.82) is 0 Å². The van der Waals surface area contributed by atoms with Gasteiger partial charge in [-0.15, -0.1) is 0 Å². The summed E-state index contributed by atoms with van der Waals surface area (Å²) in [6.45, 7) is 3.01. The molecule has 1 aliphatic heterocycles. The molecule has 0 radical (unpaired) electrons. The Bertz CT molecular complexity index is 517. The Kier molecular flexibility index (Phi) is 6.59. The molecule has 1 aromatic rings. The van der Waals surface area contributed by atoms with Crippen LogP contribution in [0.15, 0.2) is 30.3 Å². The Balaban J connectivity index is 2.14. The van der Waals surface area contributed by atoms with E-state index in [1.807, 2.05) is 42.2 Å². The third-order valence-electron chi connectivity index (χ3n) is 4.26. The molecule has 23 heavy (non-hydrogen) atoms. The highest BCUT2D eigenvalue weighted by atomic mass is 16.5. The number of hydrogen-bond donors (Lipinski definition) is 1. The van der Waals surface area contributed by atoms with Crippen LogP contribution < -0.4 is 0 Å². The molecule has 2 atom stereocenters. The lowest BCUT2D eigenvalue weighted by Gasteiger charge is -2.37. The van der Waals surface area contributed by atoms with Gasteiger partial charge in [-0.3, -0.25) is 9.59 Å². The number of amides is 1. The summed E-state index contributed by atoms with van der Waals surface area (Å²) >= 11 is 0. The highest BCUT2D eigenvalue weighted by Gasteiger charge is 2.32. The predicted molar refractivity (Wildman–Crippen MR) is 87.0 cm³/mol. The van der Waals surface area contributed by atoms with Crippen molar-refractivity contribution in [3.63, 3.8) is 0 Å².